The Morgan fingerprint density at radius 3 is 2.50 bits per heavy atom. The van der Waals surface area contributed by atoms with Gasteiger partial charge >= 0.3 is 7.12 Å². The molecular formula is C7H7BFNO4. The maximum absolute atomic E-state index is 13.0. The monoisotopic (exact) mass is 199 g/mol. The van der Waals surface area contributed by atoms with Crippen molar-refractivity contribution in [2.75, 3.05) is 0 Å². The van der Waals surface area contributed by atoms with Gasteiger partial charge in [0, 0.05) is 6.07 Å². The number of nitrogens with zero attached hydrogens (tertiary/aromatic N) is 1. The van der Waals surface area contributed by atoms with E-state index in [4.69, 9.17) is 10.0 Å². The van der Waals surface area contributed by atoms with Gasteiger partial charge in [-0.3, -0.25) is 10.1 Å². The van der Waals surface area contributed by atoms with Crippen LogP contribution in [0.1, 0.15) is 5.56 Å². The van der Waals surface area contributed by atoms with E-state index in [0.29, 0.717) is 0 Å². The maximum atomic E-state index is 13.0. The van der Waals surface area contributed by atoms with Gasteiger partial charge in [0.1, 0.15) is 5.82 Å². The first-order valence-corrected chi connectivity index (χ1v) is 3.74. The molecule has 0 atom stereocenters. The molecule has 0 unspecified atom stereocenters. The fraction of sp³-hybridized carbons (Fsp3) is 0.143. The molecule has 1 rings (SSSR count). The minimum atomic E-state index is -1.91. The second kappa shape index (κ2) is 3.73. The van der Waals surface area contributed by atoms with Crippen molar-refractivity contribution in [3.05, 3.63) is 33.6 Å². The molecule has 14 heavy (non-hydrogen) atoms. The average molecular weight is 199 g/mol. The molecule has 0 fully saturated rings. The summed E-state index contributed by atoms with van der Waals surface area (Å²) in [7, 11) is -1.91. The van der Waals surface area contributed by atoms with Crippen LogP contribution in [0.25, 0.3) is 0 Å². The van der Waals surface area contributed by atoms with Crippen molar-refractivity contribution in [1.82, 2.24) is 0 Å². The van der Waals surface area contributed by atoms with E-state index < -0.39 is 23.5 Å². The third kappa shape index (κ3) is 1.89. The van der Waals surface area contributed by atoms with Gasteiger partial charge in [-0.1, -0.05) is 0 Å². The SMILES string of the molecule is Cc1c(F)cc(B(O)O)cc1[N+](=O)[O-]. The summed E-state index contributed by atoms with van der Waals surface area (Å²) < 4.78 is 13.0. The van der Waals surface area contributed by atoms with E-state index in [1.165, 1.54) is 6.92 Å². The van der Waals surface area contributed by atoms with Crippen LogP contribution < -0.4 is 5.46 Å². The first-order chi connectivity index (χ1) is 6.43. The molecule has 0 heterocycles. The largest absolute Gasteiger partial charge is 0.488 e. The van der Waals surface area contributed by atoms with Crippen LogP contribution >= 0.6 is 0 Å². The predicted octanol–water partition coefficient (Wildman–Crippen LogP) is -0.278. The van der Waals surface area contributed by atoms with Crippen LogP contribution in [-0.2, 0) is 0 Å². The third-order valence-corrected chi connectivity index (χ3v) is 1.83. The van der Waals surface area contributed by atoms with Gasteiger partial charge in [0.25, 0.3) is 5.69 Å². The van der Waals surface area contributed by atoms with Gasteiger partial charge in [-0.05, 0) is 18.5 Å². The number of nitro groups is 1. The van der Waals surface area contributed by atoms with E-state index in [2.05, 4.69) is 0 Å². The molecule has 7 heteroatoms. The molecule has 0 amide bonds. The Hall–Kier alpha value is -1.47. The lowest BCUT2D eigenvalue weighted by atomic mass is 9.79. The standard InChI is InChI=1S/C7H7BFNO4/c1-4-6(9)2-5(8(11)12)3-7(4)10(13)14/h2-3,11-12H,1H3. The number of halogens is 1. The fourth-order valence-electron chi connectivity index (χ4n) is 1.02. The van der Waals surface area contributed by atoms with E-state index in [0.717, 1.165) is 12.1 Å². The summed E-state index contributed by atoms with van der Waals surface area (Å²) in [6.45, 7) is 1.25. The summed E-state index contributed by atoms with van der Waals surface area (Å²) >= 11 is 0. The van der Waals surface area contributed by atoms with Gasteiger partial charge in [-0.15, -0.1) is 0 Å². The van der Waals surface area contributed by atoms with Gasteiger partial charge in [0.15, 0.2) is 0 Å². The van der Waals surface area contributed by atoms with Crippen LogP contribution in [0.15, 0.2) is 12.1 Å². The smallest absolute Gasteiger partial charge is 0.423 e. The predicted molar refractivity (Wildman–Crippen MR) is 47.6 cm³/mol. The van der Waals surface area contributed by atoms with Crippen LogP contribution in [-0.4, -0.2) is 22.1 Å². The molecule has 5 nitrogen and oxygen atoms in total. The minimum Gasteiger partial charge on any atom is -0.423 e. The van der Waals surface area contributed by atoms with Crippen molar-refractivity contribution in [1.29, 1.82) is 0 Å². The summed E-state index contributed by atoms with van der Waals surface area (Å²) in [5.41, 5.74) is -0.827. The number of hydrogen-bond acceptors (Lipinski definition) is 4. The Labute approximate surface area is 79.1 Å². The number of benzene rings is 1. The number of nitro benzene ring substituents is 1. The molecule has 0 saturated carbocycles. The maximum Gasteiger partial charge on any atom is 0.488 e. The summed E-state index contributed by atoms with van der Waals surface area (Å²) in [4.78, 5) is 9.65. The Morgan fingerprint density at radius 1 is 1.50 bits per heavy atom. The van der Waals surface area contributed by atoms with Crippen LogP contribution in [0.3, 0.4) is 0 Å². The highest BCUT2D eigenvalue weighted by Gasteiger charge is 2.21. The van der Waals surface area contributed by atoms with Crippen LogP contribution in [0, 0.1) is 22.9 Å². The highest BCUT2D eigenvalue weighted by molar-refractivity contribution is 6.58. The van der Waals surface area contributed by atoms with Crippen molar-refractivity contribution in [3.63, 3.8) is 0 Å². The molecule has 0 aliphatic rings. The Balaban J connectivity index is 3.35. The summed E-state index contributed by atoms with van der Waals surface area (Å²) in [5.74, 6) is -0.831. The van der Waals surface area contributed by atoms with Crippen molar-refractivity contribution < 1.29 is 19.4 Å². The lowest BCUT2D eigenvalue weighted by Gasteiger charge is -2.03. The number of rotatable bonds is 2. The molecular weight excluding hydrogens is 192 g/mol. The molecule has 0 bridgehead atoms. The van der Waals surface area contributed by atoms with E-state index in [-0.39, 0.29) is 11.0 Å². The summed E-state index contributed by atoms with van der Waals surface area (Å²) in [6, 6.07) is 1.79. The Bertz CT molecular complexity index is 382. The molecule has 0 spiro atoms. The average Bonchev–Trinajstić information content (AvgIpc) is 2.08. The zero-order valence-electron chi connectivity index (χ0n) is 7.27. The lowest BCUT2D eigenvalue weighted by Crippen LogP contribution is -2.30. The molecule has 74 valence electrons. The van der Waals surface area contributed by atoms with E-state index in [1.807, 2.05) is 0 Å². The fourth-order valence-corrected chi connectivity index (χ4v) is 1.02. The topological polar surface area (TPSA) is 83.6 Å². The van der Waals surface area contributed by atoms with Gasteiger partial charge in [0.2, 0.25) is 0 Å². The van der Waals surface area contributed by atoms with Crippen molar-refractivity contribution >= 4 is 18.3 Å². The van der Waals surface area contributed by atoms with Crippen molar-refractivity contribution in [2.45, 2.75) is 6.92 Å². The van der Waals surface area contributed by atoms with Crippen LogP contribution in [0.4, 0.5) is 10.1 Å². The zero-order valence-corrected chi connectivity index (χ0v) is 7.27. The molecule has 0 aliphatic heterocycles. The Kier molecular flexibility index (Phi) is 2.83. The summed E-state index contributed by atoms with van der Waals surface area (Å²) in [5, 5.41) is 27.8. The third-order valence-electron chi connectivity index (χ3n) is 1.83. The van der Waals surface area contributed by atoms with Gasteiger partial charge < -0.3 is 10.0 Å². The van der Waals surface area contributed by atoms with Crippen LogP contribution in [0.2, 0.25) is 0 Å². The molecule has 0 saturated heterocycles. The molecule has 0 aliphatic carbocycles. The normalized spacial score (nSPS) is 10.0. The highest BCUT2D eigenvalue weighted by Crippen LogP contribution is 2.18. The van der Waals surface area contributed by atoms with Gasteiger partial charge in [-0.2, -0.15) is 0 Å². The molecule has 0 aromatic heterocycles. The second-order valence-electron chi connectivity index (χ2n) is 2.78. The van der Waals surface area contributed by atoms with Crippen molar-refractivity contribution in [2.24, 2.45) is 0 Å². The first kappa shape index (κ1) is 10.6. The Morgan fingerprint density at radius 2 is 2.07 bits per heavy atom. The molecule has 2 N–H and O–H groups in total. The van der Waals surface area contributed by atoms with Gasteiger partial charge in [0.05, 0.1) is 10.5 Å². The number of hydrogen-bond donors (Lipinski definition) is 2. The molecule has 0 radical (unpaired) electrons. The minimum absolute atomic E-state index is 0.126. The van der Waals surface area contributed by atoms with E-state index in [1.54, 1.807) is 0 Å². The van der Waals surface area contributed by atoms with Crippen molar-refractivity contribution in [3.8, 4) is 0 Å². The molecule has 1 aromatic carbocycles. The lowest BCUT2D eigenvalue weighted by molar-refractivity contribution is -0.385. The highest BCUT2D eigenvalue weighted by atomic mass is 19.1. The molecule has 1 aromatic rings. The van der Waals surface area contributed by atoms with Crippen LogP contribution in [0.5, 0.6) is 0 Å². The van der Waals surface area contributed by atoms with E-state index in [9.17, 15) is 14.5 Å². The zero-order chi connectivity index (χ0) is 10.9. The van der Waals surface area contributed by atoms with Gasteiger partial charge in [-0.25, -0.2) is 4.39 Å². The quantitative estimate of drug-likeness (QED) is 0.389. The van der Waals surface area contributed by atoms with E-state index >= 15 is 0 Å². The summed E-state index contributed by atoms with van der Waals surface area (Å²) in [6.07, 6.45) is 0. The first-order valence-electron chi connectivity index (χ1n) is 3.74. The second-order valence-corrected chi connectivity index (χ2v) is 2.78.